The Morgan fingerprint density at radius 1 is 1.03 bits per heavy atom. The molecule has 7 nitrogen and oxygen atoms in total. The third kappa shape index (κ3) is 5.77. The van der Waals surface area contributed by atoms with E-state index in [2.05, 4.69) is 36.5 Å². The summed E-state index contributed by atoms with van der Waals surface area (Å²) in [6.45, 7) is 7.41. The minimum atomic E-state index is -0.179. The summed E-state index contributed by atoms with van der Waals surface area (Å²) < 4.78 is 11.6. The van der Waals surface area contributed by atoms with E-state index in [-0.39, 0.29) is 17.5 Å². The van der Waals surface area contributed by atoms with E-state index in [1.54, 1.807) is 0 Å². The van der Waals surface area contributed by atoms with Crippen molar-refractivity contribution in [2.75, 3.05) is 46.0 Å². The summed E-state index contributed by atoms with van der Waals surface area (Å²) in [6, 6.07) is 8.22. The molecule has 3 aliphatic rings. The molecule has 4 rings (SSSR count). The largest absolute Gasteiger partial charge is 0.378 e. The average Bonchev–Trinajstić information content (AvgIpc) is 2.80. The van der Waals surface area contributed by atoms with E-state index in [9.17, 15) is 9.59 Å². The first kappa shape index (κ1) is 22.1. The van der Waals surface area contributed by atoms with Crippen LogP contribution >= 0.6 is 0 Å². The van der Waals surface area contributed by atoms with Crippen LogP contribution < -0.4 is 5.32 Å². The molecule has 0 saturated carbocycles. The Hall–Kier alpha value is -2.12. The second-order valence-corrected chi connectivity index (χ2v) is 9.22. The van der Waals surface area contributed by atoms with Crippen molar-refractivity contribution in [1.82, 2.24) is 15.1 Å². The van der Waals surface area contributed by atoms with Crippen molar-refractivity contribution in [2.24, 2.45) is 5.92 Å². The number of nitrogens with one attached hydrogen (secondary N) is 1. The topological polar surface area (TPSA) is 71.1 Å². The number of morpholine rings is 1. The molecular formula is C24H35N3O4. The van der Waals surface area contributed by atoms with Gasteiger partial charge in [-0.25, -0.2) is 4.79 Å². The number of carbonyl (C=O) groups excluding carboxylic acids is 2. The highest BCUT2D eigenvalue weighted by Crippen LogP contribution is 2.39. The second kappa shape index (κ2) is 10.0. The molecule has 0 bridgehead atoms. The number of benzene rings is 1. The van der Waals surface area contributed by atoms with Gasteiger partial charge in [-0.2, -0.15) is 0 Å². The third-order valence-corrected chi connectivity index (χ3v) is 6.95. The number of hydrogen-bond donors (Lipinski definition) is 1. The van der Waals surface area contributed by atoms with Crippen LogP contribution in [0.3, 0.4) is 0 Å². The summed E-state index contributed by atoms with van der Waals surface area (Å²) in [6.07, 6.45) is 4.15. The highest BCUT2D eigenvalue weighted by Gasteiger charge is 2.41. The molecule has 3 aliphatic heterocycles. The normalized spacial score (nSPS) is 23.6. The van der Waals surface area contributed by atoms with Gasteiger partial charge in [-0.05, 0) is 44.1 Å². The zero-order valence-corrected chi connectivity index (χ0v) is 18.6. The van der Waals surface area contributed by atoms with Crippen molar-refractivity contribution in [2.45, 2.75) is 51.2 Å². The van der Waals surface area contributed by atoms with Gasteiger partial charge in [0.2, 0.25) is 5.91 Å². The molecule has 1 spiro atoms. The van der Waals surface area contributed by atoms with E-state index >= 15 is 0 Å². The van der Waals surface area contributed by atoms with Crippen LogP contribution in [0.1, 0.15) is 43.2 Å². The first-order valence-electron chi connectivity index (χ1n) is 11.6. The van der Waals surface area contributed by atoms with Crippen molar-refractivity contribution in [3.63, 3.8) is 0 Å². The number of carbonyl (C=O) groups is 2. The van der Waals surface area contributed by atoms with Gasteiger partial charge in [-0.1, -0.05) is 29.8 Å². The molecule has 3 amide bonds. The molecule has 1 N–H and O–H groups in total. The quantitative estimate of drug-likeness (QED) is 0.799. The molecule has 1 atom stereocenters. The molecule has 1 unspecified atom stereocenters. The van der Waals surface area contributed by atoms with Gasteiger partial charge in [0.1, 0.15) is 0 Å². The number of amides is 3. The van der Waals surface area contributed by atoms with Crippen LogP contribution in [0.15, 0.2) is 24.3 Å². The van der Waals surface area contributed by atoms with Crippen molar-refractivity contribution in [3.05, 3.63) is 35.4 Å². The first-order chi connectivity index (χ1) is 15.0. The van der Waals surface area contributed by atoms with Gasteiger partial charge in [0, 0.05) is 45.8 Å². The fourth-order valence-corrected chi connectivity index (χ4v) is 4.95. The maximum Gasteiger partial charge on any atom is 0.317 e. The summed E-state index contributed by atoms with van der Waals surface area (Å²) >= 11 is 0. The molecule has 1 aromatic carbocycles. The number of ether oxygens (including phenoxy) is 2. The Balaban J connectivity index is 1.23. The predicted octanol–water partition coefficient (Wildman–Crippen LogP) is 2.71. The number of nitrogens with zero attached hydrogens (tertiary/aromatic N) is 2. The zero-order valence-electron chi connectivity index (χ0n) is 18.6. The molecule has 0 radical (unpaired) electrons. The molecular weight excluding hydrogens is 394 g/mol. The Labute approximate surface area is 185 Å². The van der Waals surface area contributed by atoms with Gasteiger partial charge in [0.05, 0.1) is 18.8 Å². The van der Waals surface area contributed by atoms with Crippen molar-refractivity contribution >= 4 is 11.9 Å². The van der Waals surface area contributed by atoms with E-state index in [1.165, 1.54) is 5.56 Å². The summed E-state index contributed by atoms with van der Waals surface area (Å²) in [5, 5.41) is 3.04. The Bertz CT molecular complexity index is 753. The van der Waals surface area contributed by atoms with Gasteiger partial charge in [0.25, 0.3) is 0 Å². The van der Waals surface area contributed by atoms with Crippen LogP contribution in [0, 0.1) is 12.8 Å². The molecule has 1 aromatic rings. The Kier molecular flexibility index (Phi) is 7.13. The fourth-order valence-electron chi connectivity index (χ4n) is 4.95. The molecule has 7 heteroatoms. The van der Waals surface area contributed by atoms with Gasteiger partial charge in [0.15, 0.2) is 0 Å². The van der Waals surface area contributed by atoms with Crippen LogP contribution in [-0.4, -0.2) is 73.3 Å². The van der Waals surface area contributed by atoms with Gasteiger partial charge in [-0.3, -0.25) is 4.79 Å². The highest BCUT2D eigenvalue weighted by atomic mass is 16.5. The lowest BCUT2D eigenvalue weighted by atomic mass is 9.78. The number of piperidine rings is 1. The predicted molar refractivity (Wildman–Crippen MR) is 118 cm³/mol. The summed E-state index contributed by atoms with van der Waals surface area (Å²) in [5.41, 5.74) is 2.15. The maximum absolute atomic E-state index is 12.7. The first-order valence-corrected chi connectivity index (χ1v) is 11.6. The minimum absolute atomic E-state index is 0.00900. The van der Waals surface area contributed by atoms with Crippen LogP contribution in [0.5, 0.6) is 0 Å². The summed E-state index contributed by atoms with van der Waals surface area (Å²) in [4.78, 5) is 29.1. The van der Waals surface area contributed by atoms with Crippen LogP contribution in [0.4, 0.5) is 4.79 Å². The maximum atomic E-state index is 12.7. The van der Waals surface area contributed by atoms with E-state index in [0.717, 1.165) is 31.2 Å². The average molecular weight is 430 g/mol. The minimum Gasteiger partial charge on any atom is -0.378 e. The van der Waals surface area contributed by atoms with E-state index in [4.69, 9.17) is 9.47 Å². The third-order valence-electron chi connectivity index (χ3n) is 6.95. The monoisotopic (exact) mass is 429 g/mol. The molecule has 3 fully saturated rings. The fraction of sp³-hybridized carbons (Fsp3) is 0.667. The summed E-state index contributed by atoms with van der Waals surface area (Å²) in [5.74, 6) is 0.615. The lowest BCUT2D eigenvalue weighted by Gasteiger charge is -2.46. The van der Waals surface area contributed by atoms with Crippen molar-refractivity contribution < 1.29 is 19.1 Å². The Morgan fingerprint density at radius 3 is 2.45 bits per heavy atom. The summed E-state index contributed by atoms with van der Waals surface area (Å²) in [7, 11) is 0. The molecule has 0 aliphatic carbocycles. The zero-order chi connectivity index (χ0) is 21.7. The molecule has 170 valence electrons. The van der Waals surface area contributed by atoms with Crippen LogP contribution in [-0.2, 0) is 20.8 Å². The van der Waals surface area contributed by atoms with Crippen molar-refractivity contribution in [1.29, 1.82) is 0 Å². The van der Waals surface area contributed by atoms with Gasteiger partial charge < -0.3 is 24.6 Å². The molecule has 3 saturated heterocycles. The van der Waals surface area contributed by atoms with E-state index in [0.29, 0.717) is 64.9 Å². The smallest absolute Gasteiger partial charge is 0.317 e. The number of aryl methyl sites for hydroxylation is 1. The van der Waals surface area contributed by atoms with E-state index < -0.39 is 0 Å². The lowest BCUT2D eigenvalue weighted by Crippen LogP contribution is -2.53. The number of likely N-dealkylation sites (tertiary alicyclic amines) is 1. The molecule has 31 heavy (non-hydrogen) atoms. The van der Waals surface area contributed by atoms with Crippen LogP contribution in [0.25, 0.3) is 0 Å². The van der Waals surface area contributed by atoms with Gasteiger partial charge >= 0.3 is 6.03 Å². The van der Waals surface area contributed by atoms with Crippen molar-refractivity contribution in [3.8, 4) is 0 Å². The Morgan fingerprint density at radius 2 is 1.74 bits per heavy atom. The lowest BCUT2D eigenvalue weighted by molar-refractivity contribution is -0.143. The SMILES string of the molecule is Cc1ccc(CNC(=O)N2CCC3(CC2)CC(CC(=O)N2CCOCC2)CCO3)cc1. The standard InChI is InChI=1S/C24H35N3O4/c1-19-2-4-20(5-3-19)18-25-23(29)27-9-7-24(8-10-27)17-21(6-13-31-24)16-22(28)26-11-14-30-15-12-26/h2-5,21H,6-18H2,1H3,(H,25,29). The number of rotatable bonds is 4. The number of hydrogen-bond acceptors (Lipinski definition) is 4. The molecule has 3 heterocycles. The molecule has 0 aromatic heterocycles. The van der Waals surface area contributed by atoms with Crippen LogP contribution in [0.2, 0.25) is 0 Å². The van der Waals surface area contributed by atoms with E-state index in [1.807, 2.05) is 9.80 Å². The second-order valence-electron chi connectivity index (χ2n) is 9.22. The van der Waals surface area contributed by atoms with Gasteiger partial charge in [-0.15, -0.1) is 0 Å². The highest BCUT2D eigenvalue weighted by molar-refractivity contribution is 5.76. The number of urea groups is 1.